The summed E-state index contributed by atoms with van der Waals surface area (Å²) >= 11 is 0. The molecule has 0 aromatic rings. The Morgan fingerprint density at radius 2 is 1.10 bits per heavy atom. The maximum absolute atomic E-state index is 10.8. The number of aliphatic hydroxyl groups excluding tert-OH is 1. The lowest BCUT2D eigenvalue weighted by atomic mass is 10.0. The highest BCUT2D eigenvalue weighted by Gasteiger charge is 2.07. The molecular weight excluding hydrogens is 248 g/mol. The smallest absolute Gasteiger partial charge is 0.158 e. The average molecular weight is 284 g/mol. The van der Waals surface area contributed by atoms with E-state index >= 15 is 0 Å². The van der Waals surface area contributed by atoms with Crippen molar-refractivity contribution < 1.29 is 9.90 Å². The van der Waals surface area contributed by atoms with Gasteiger partial charge in [0.15, 0.2) is 5.78 Å². The second-order valence-electron chi connectivity index (χ2n) is 6.16. The molecule has 2 nitrogen and oxygen atoms in total. The highest BCUT2D eigenvalue weighted by molar-refractivity contribution is 5.79. The number of Topliss-reactive ketones (excluding diaryl/α,β-unsaturated/α-hetero) is 1. The lowest BCUT2D eigenvalue weighted by Crippen LogP contribution is -2.16. The number of ketones is 1. The lowest BCUT2D eigenvalue weighted by Gasteiger charge is -2.06. The minimum absolute atomic E-state index is 0.0936. The molecule has 2 heteroatoms. The Bertz CT molecular complexity index is 213. The van der Waals surface area contributed by atoms with E-state index in [9.17, 15) is 9.90 Å². The van der Waals surface area contributed by atoms with Crippen LogP contribution in [0.5, 0.6) is 0 Å². The van der Waals surface area contributed by atoms with E-state index in [0.717, 1.165) is 12.8 Å². The molecule has 0 heterocycles. The van der Waals surface area contributed by atoms with Gasteiger partial charge in [0.1, 0.15) is 6.10 Å². The second-order valence-corrected chi connectivity index (χ2v) is 6.16. The third kappa shape index (κ3) is 14.0. The van der Waals surface area contributed by atoms with Crippen LogP contribution in [0.4, 0.5) is 0 Å². The molecule has 0 amide bonds. The molecule has 0 aliphatic carbocycles. The first-order chi connectivity index (χ1) is 9.68. The number of hydrogen-bond donors (Lipinski definition) is 1. The average Bonchev–Trinajstić information content (AvgIpc) is 2.43. The van der Waals surface area contributed by atoms with E-state index in [2.05, 4.69) is 6.92 Å². The number of aliphatic hydroxyl groups is 1. The van der Waals surface area contributed by atoms with Gasteiger partial charge in [-0.05, 0) is 13.3 Å². The van der Waals surface area contributed by atoms with Crippen LogP contribution in [-0.2, 0) is 4.79 Å². The molecule has 1 N–H and O–H groups in total. The fourth-order valence-corrected chi connectivity index (χ4v) is 2.56. The molecule has 0 spiro atoms. The fourth-order valence-electron chi connectivity index (χ4n) is 2.56. The molecule has 0 rings (SSSR count). The van der Waals surface area contributed by atoms with Crippen molar-refractivity contribution in [3.63, 3.8) is 0 Å². The highest BCUT2D eigenvalue weighted by atomic mass is 16.3. The molecule has 1 atom stereocenters. The summed E-state index contributed by atoms with van der Waals surface area (Å²) in [6, 6.07) is 0. The van der Waals surface area contributed by atoms with Crippen molar-refractivity contribution in [1.82, 2.24) is 0 Å². The van der Waals surface area contributed by atoms with Crippen molar-refractivity contribution in [2.75, 3.05) is 0 Å². The second kappa shape index (κ2) is 15.0. The van der Waals surface area contributed by atoms with Crippen molar-refractivity contribution >= 4 is 5.78 Å². The molecule has 0 fully saturated rings. The zero-order chi connectivity index (χ0) is 15.1. The van der Waals surface area contributed by atoms with Crippen LogP contribution in [0, 0.1) is 0 Å². The summed E-state index contributed by atoms with van der Waals surface area (Å²) in [7, 11) is 0. The number of rotatable bonds is 15. The standard InChI is InChI=1S/C18H36O2/c1-3-4-5-6-7-8-9-10-11-12-13-14-15-16-18(20)17(2)19/h18,20H,3-16H2,1-2H3. The SMILES string of the molecule is CCCCCCCCCCCCCCCC(O)C(C)=O. The van der Waals surface area contributed by atoms with Gasteiger partial charge in [0.25, 0.3) is 0 Å². The monoisotopic (exact) mass is 284 g/mol. The van der Waals surface area contributed by atoms with Crippen LogP contribution in [-0.4, -0.2) is 17.0 Å². The Labute approximate surface area is 126 Å². The molecule has 0 radical (unpaired) electrons. The maximum Gasteiger partial charge on any atom is 0.158 e. The summed E-state index contributed by atoms with van der Waals surface area (Å²) < 4.78 is 0. The van der Waals surface area contributed by atoms with Gasteiger partial charge in [-0.3, -0.25) is 4.79 Å². The Hall–Kier alpha value is -0.370. The van der Waals surface area contributed by atoms with Gasteiger partial charge in [-0.15, -0.1) is 0 Å². The zero-order valence-corrected chi connectivity index (χ0v) is 13.8. The largest absolute Gasteiger partial charge is 0.385 e. The Morgan fingerprint density at radius 3 is 1.45 bits per heavy atom. The van der Waals surface area contributed by atoms with Gasteiger partial charge in [-0.25, -0.2) is 0 Å². The molecule has 0 aliphatic heterocycles. The van der Waals surface area contributed by atoms with Gasteiger partial charge < -0.3 is 5.11 Å². The molecule has 0 bridgehead atoms. The minimum atomic E-state index is -0.720. The summed E-state index contributed by atoms with van der Waals surface area (Å²) in [5.74, 6) is -0.0936. The van der Waals surface area contributed by atoms with Crippen LogP contribution in [0.25, 0.3) is 0 Å². The molecular formula is C18H36O2. The maximum atomic E-state index is 10.8. The fraction of sp³-hybridized carbons (Fsp3) is 0.944. The van der Waals surface area contributed by atoms with Gasteiger partial charge >= 0.3 is 0 Å². The van der Waals surface area contributed by atoms with E-state index < -0.39 is 6.10 Å². The van der Waals surface area contributed by atoms with E-state index in [-0.39, 0.29) is 5.78 Å². The number of carbonyl (C=O) groups excluding carboxylic acids is 1. The third-order valence-corrected chi connectivity index (χ3v) is 4.05. The first kappa shape index (κ1) is 19.6. The van der Waals surface area contributed by atoms with E-state index in [4.69, 9.17) is 0 Å². The summed E-state index contributed by atoms with van der Waals surface area (Å²) in [5, 5.41) is 9.35. The van der Waals surface area contributed by atoms with Crippen molar-refractivity contribution in [2.24, 2.45) is 0 Å². The summed E-state index contributed by atoms with van der Waals surface area (Å²) in [5.41, 5.74) is 0. The van der Waals surface area contributed by atoms with Crippen molar-refractivity contribution in [3.05, 3.63) is 0 Å². The Balaban J connectivity index is 3.04. The molecule has 0 aromatic carbocycles. The first-order valence-corrected chi connectivity index (χ1v) is 8.87. The van der Waals surface area contributed by atoms with Crippen molar-refractivity contribution in [2.45, 2.75) is 110 Å². The predicted molar refractivity (Wildman–Crippen MR) is 87.0 cm³/mol. The minimum Gasteiger partial charge on any atom is -0.385 e. The third-order valence-electron chi connectivity index (χ3n) is 4.05. The van der Waals surface area contributed by atoms with Crippen LogP contribution in [0.2, 0.25) is 0 Å². The molecule has 0 aromatic heterocycles. The van der Waals surface area contributed by atoms with E-state index in [1.54, 1.807) is 0 Å². The van der Waals surface area contributed by atoms with Gasteiger partial charge in [-0.2, -0.15) is 0 Å². The number of unbranched alkanes of at least 4 members (excludes halogenated alkanes) is 12. The highest BCUT2D eigenvalue weighted by Crippen LogP contribution is 2.13. The van der Waals surface area contributed by atoms with Crippen LogP contribution in [0.3, 0.4) is 0 Å². The quantitative estimate of drug-likeness (QED) is 0.408. The molecule has 120 valence electrons. The first-order valence-electron chi connectivity index (χ1n) is 8.87. The zero-order valence-electron chi connectivity index (χ0n) is 13.8. The van der Waals surface area contributed by atoms with Gasteiger partial charge in [-0.1, -0.05) is 90.4 Å². The molecule has 0 saturated heterocycles. The van der Waals surface area contributed by atoms with E-state index in [1.165, 1.54) is 77.6 Å². The van der Waals surface area contributed by atoms with Gasteiger partial charge in [0.05, 0.1) is 0 Å². The Morgan fingerprint density at radius 1 is 0.750 bits per heavy atom. The van der Waals surface area contributed by atoms with Gasteiger partial charge in [0.2, 0.25) is 0 Å². The van der Waals surface area contributed by atoms with Crippen molar-refractivity contribution in [1.29, 1.82) is 0 Å². The molecule has 0 aliphatic rings. The normalized spacial score (nSPS) is 12.6. The van der Waals surface area contributed by atoms with Gasteiger partial charge in [0, 0.05) is 0 Å². The molecule has 1 unspecified atom stereocenters. The van der Waals surface area contributed by atoms with Crippen molar-refractivity contribution in [3.8, 4) is 0 Å². The lowest BCUT2D eigenvalue weighted by molar-refractivity contribution is -0.125. The Kier molecular flexibility index (Phi) is 14.7. The molecule has 20 heavy (non-hydrogen) atoms. The summed E-state index contributed by atoms with van der Waals surface area (Å²) in [4.78, 5) is 10.8. The number of hydrogen-bond acceptors (Lipinski definition) is 2. The summed E-state index contributed by atoms with van der Waals surface area (Å²) in [6.45, 7) is 3.73. The summed E-state index contributed by atoms with van der Waals surface area (Å²) in [6.07, 6.45) is 17.2. The van der Waals surface area contributed by atoms with Crippen LogP contribution >= 0.6 is 0 Å². The molecule has 0 saturated carbocycles. The number of carbonyl (C=O) groups is 1. The van der Waals surface area contributed by atoms with E-state index in [0.29, 0.717) is 6.42 Å². The van der Waals surface area contributed by atoms with E-state index in [1.807, 2.05) is 0 Å². The predicted octanol–water partition coefficient (Wildman–Crippen LogP) is 5.42. The van der Waals surface area contributed by atoms with Crippen LogP contribution in [0.15, 0.2) is 0 Å². The topological polar surface area (TPSA) is 37.3 Å². The van der Waals surface area contributed by atoms with Crippen LogP contribution < -0.4 is 0 Å². The van der Waals surface area contributed by atoms with Crippen LogP contribution in [0.1, 0.15) is 104 Å².